The smallest absolute Gasteiger partial charge is 0.336 e. The Morgan fingerprint density at radius 3 is 2.41 bits per heavy atom. The van der Waals surface area contributed by atoms with Crippen molar-refractivity contribution in [1.82, 2.24) is 0 Å². The van der Waals surface area contributed by atoms with Crippen LogP contribution in [-0.2, 0) is 0 Å². The van der Waals surface area contributed by atoms with Gasteiger partial charge in [0.25, 0.3) is 0 Å². The van der Waals surface area contributed by atoms with Crippen LogP contribution in [0.1, 0.15) is 0 Å². The van der Waals surface area contributed by atoms with E-state index in [9.17, 15) is 4.79 Å². The Kier molecular flexibility index (Phi) is 2.26. The summed E-state index contributed by atoms with van der Waals surface area (Å²) >= 11 is 0. The highest BCUT2D eigenvalue weighted by atomic mass is 16.4. The van der Waals surface area contributed by atoms with Crippen LogP contribution in [-0.4, -0.2) is 0 Å². The summed E-state index contributed by atoms with van der Waals surface area (Å²) in [6, 6.07) is 19.0. The number of fused-ring (bicyclic) bond motifs is 1. The van der Waals surface area contributed by atoms with Gasteiger partial charge in [-0.1, -0.05) is 42.5 Å². The molecule has 0 spiro atoms. The molecule has 1 aromatic heterocycles. The molecule has 2 nitrogen and oxygen atoms in total. The van der Waals surface area contributed by atoms with Gasteiger partial charge < -0.3 is 4.42 Å². The van der Waals surface area contributed by atoms with Crippen molar-refractivity contribution in [3.05, 3.63) is 71.1 Å². The third-order valence-corrected chi connectivity index (χ3v) is 2.72. The quantitative estimate of drug-likeness (QED) is 0.631. The average Bonchev–Trinajstić information content (AvgIpc) is 2.38. The Morgan fingerprint density at radius 2 is 1.59 bits per heavy atom. The SMILES string of the molecule is O=c1cccc(-c2ccc3ccccc3c2)o1. The Bertz CT molecular complexity index is 726. The summed E-state index contributed by atoms with van der Waals surface area (Å²) in [5.41, 5.74) is 0.594. The van der Waals surface area contributed by atoms with E-state index < -0.39 is 0 Å². The van der Waals surface area contributed by atoms with Gasteiger partial charge in [-0.05, 0) is 22.9 Å². The highest BCUT2D eigenvalue weighted by Crippen LogP contribution is 2.23. The predicted octanol–water partition coefficient (Wildman–Crippen LogP) is 3.46. The van der Waals surface area contributed by atoms with Gasteiger partial charge in [0.2, 0.25) is 0 Å². The highest BCUT2D eigenvalue weighted by Gasteiger charge is 2.01. The molecule has 2 aromatic carbocycles. The van der Waals surface area contributed by atoms with Gasteiger partial charge in [-0.2, -0.15) is 0 Å². The lowest BCUT2D eigenvalue weighted by Crippen LogP contribution is -1.95. The first-order valence-electron chi connectivity index (χ1n) is 5.42. The fourth-order valence-corrected chi connectivity index (χ4v) is 1.89. The molecule has 0 atom stereocenters. The maximum Gasteiger partial charge on any atom is 0.336 e. The molecule has 0 amide bonds. The summed E-state index contributed by atoms with van der Waals surface area (Å²) in [7, 11) is 0. The molecule has 0 N–H and O–H groups in total. The second-order valence-corrected chi connectivity index (χ2v) is 3.87. The summed E-state index contributed by atoms with van der Waals surface area (Å²) in [4.78, 5) is 11.2. The second-order valence-electron chi connectivity index (χ2n) is 3.87. The fourth-order valence-electron chi connectivity index (χ4n) is 1.89. The van der Waals surface area contributed by atoms with Crippen molar-refractivity contribution in [2.45, 2.75) is 0 Å². The van der Waals surface area contributed by atoms with Gasteiger partial charge in [0.15, 0.2) is 0 Å². The third kappa shape index (κ3) is 1.85. The van der Waals surface area contributed by atoms with Crippen LogP contribution in [0.2, 0.25) is 0 Å². The number of benzene rings is 2. The molecule has 2 heteroatoms. The largest absolute Gasteiger partial charge is 0.423 e. The van der Waals surface area contributed by atoms with E-state index in [1.807, 2.05) is 36.4 Å². The molecule has 17 heavy (non-hydrogen) atoms. The highest BCUT2D eigenvalue weighted by molar-refractivity contribution is 5.86. The Hall–Kier alpha value is -2.35. The summed E-state index contributed by atoms with van der Waals surface area (Å²) in [5, 5.41) is 2.31. The van der Waals surface area contributed by atoms with Crippen molar-refractivity contribution in [1.29, 1.82) is 0 Å². The summed E-state index contributed by atoms with van der Waals surface area (Å²) in [6.45, 7) is 0. The van der Waals surface area contributed by atoms with E-state index in [1.54, 1.807) is 12.1 Å². The van der Waals surface area contributed by atoms with Crippen molar-refractivity contribution < 1.29 is 4.42 Å². The van der Waals surface area contributed by atoms with Crippen LogP contribution in [0.5, 0.6) is 0 Å². The van der Waals surface area contributed by atoms with Crippen LogP contribution in [0.4, 0.5) is 0 Å². The van der Waals surface area contributed by atoms with Crippen LogP contribution < -0.4 is 5.63 Å². The van der Waals surface area contributed by atoms with E-state index in [1.165, 1.54) is 11.5 Å². The minimum absolute atomic E-state index is 0.323. The minimum atomic E-state index is -0.323. The van der Waals surface area contributed by atoms with Crippen LogP contribution in [0.15, 0.2) is 69.9 Å². The predicted molar refractivity (Wildman–Crippen MR) is 67.9 cm³/mol. The molecule has 0 aliphatic heterocycles. The monoisotopic (exact) mass is 222 g/mol. The Morgan fingerprint density at radius 1 is 0.765 bits per heavy atom. The molecule has 0 aliphatic carbocycles. The van der Waals surface area contributed by atoms with E-state index in [2.05, 4.69) is 6.07 Å². The van der Waals surface area contributed by atoms with E-state index >= 15 is 0 Å². The fraction of sp³-hybridized carbons (Fsp3) is 0. The molecule has 3 rings (SSSR count). The van der Waals surface area contributed by atoms with Gasteiger partial charge in [0.05, 0.1) is 0 Å². The number of hydrogen-bond acceptors (Lipinski definition) is 2. The molecule has 0 aliphatic rings. The standard InChI is InChI=1S/C15H10O2/c16-15-7-3-6-14(17-15)13-9-8-11-4-1-2-5-12(11)10-13/h1-10H. The third-order valence-electron chi connectivity index (χ3n) is 2.72. The lowest BCUT2D eigenvalue weighted by Gasteiger charge is -2.02. The molecule has 0 bridgehead atoms. The molecule has 1 heterocycles. The van der Waals surface area contributed by atoms with Gasteiger partial charge in [-0.3, -0.25) is 0 Å². The molecule has 82 valence electrons. The zero-order chi connectivity index (χ0) is 11.7. The topological polar surface area (TPSA) is 30.2 Å². The van der Waals surface area contributed by atoms with Gasteiger partial charge >= 0.3 is 5.63 Å². The maximum absolute atomic E-state index is 11.2. The first-order valence-corrected chi connectivity index (χ1v) is 5.42. The first kappa shape index (κ1) is 9.85. The van der Waals surface area contributed by atoms with Crippen LogP contribution in [0, 0.1) is 0 Å². The van der Waals surface area contributed by atoms with Gasteiger partial charge in [0, 0.05) is 11.6 Å². The lowest BCUT2D eigenvalue weighted by molar-refractivity contribution is 0.526. The molecule has 0 saturated heterocycles. The molecular formula is C15H10O2. The van der Waals surface area contributed by atoms with Gasteiger partial charge in [-0.25, -0.2) is 4.79 Å². The van der Waals surface area contributed by atoms with Crippen molar-refractivity contribution in [3.8, 4) is 11.3 Å². The van der Waals surface area contributed by atoms with Gasteiger partial charge in [-0.15, -0.1) is 0 Å². The molecule has 0 unspecified atom stereocenters. The van der Waals surface area contributed by atoms with Crippen molar-refractivity contribution >= 4 is 10.8 Å². The molecule has 0 fully saturated rings. The van der Waals surface area contributed by atoms with E-state index in [4.69, 9.17) is 4.42 Å². The molecule has 0 radical (unpaired) electrons. The number of hydrogen-bond donors (Lipinski definition) is 0. The Balaban J connectivity index is 2.21. The van der Waals surface area contributed by atoms with Crippen LogP contribution in [0.25, 0.3) is 22.1 Å². The van der Waals surface area contributed by atoms with E-state index in [0.717, 1.165) is 10.9 Å². The minimum Gasteiger partial charge on any atom is -0.423 e. The lowest BCUT2D eigenvalue weighted by atomic mass is 10.1. The average molecular weight is 222 g/mol. The van der Waals surface area contributed by atoms with Crippen molar-refractivity contribution in [3.63, 3.8) is 0 Å². The van der Waals surface area contributed by atoms with Gasteiger partial charge in [0.1, 0.15) is 5.76 Å². The zero-order valence-corrected chi connectivity index (χ0v) is 9.09. The maximum atomic E-state index is 11.2. The Labute approximate surface area is 98.1 Å². The summed E-state index contributed by atoms with van der Waals surface area (Å²) in [6.07, 6.45) is 0. The van der Waals surface area contributed by atoms with Crippen LogP contribution >= 0.6 is 0 Å². The van der Waals surface area contributed by atoms with Crippen LogP contribution in [0.3, 0.4) is 0 Å². The summed E-state index contributed by atoms with van der Waals surface area (Å²) < 4.78 is 5.16. The molecule has 0 saturated carbocycles. The summed E-state index contributed by atoms with van der Waals surface area (Å²) in [5.74, 6) is 0.600. The first-order chi connectivity index (χ1) is 8.33. The number of rotatable bonds is 1. The normalized spacial score (nSPS) is 10.6. The molecular weight excluding hydrogens is 212 g/mol. The second kappa shape index (κ2) is 3.91. The van der Waals surface area contributed by atoms with Crippen molar-refractivity contribution in [2.24, 2.45) is 0 Å². The van der Waals surface area contributed by atoms with Crippen molar-refractivity contribution in [2.75, 3.05) is 0 Å². The van der Waals surface area contributed by atoms with E-state index in [-0.39, 0.29) is 5.63 Å². The van der Waals surface area contributed by atoms with E-state index in [0.29, 0.717) is 5.76 Å². The molecule has 3 aromatic rings. The zero-order valence-electron chi connectivity index (χ0n) is 9.09.